The smallest absolute Gasteiger partial charge is 0.0233 e. The number of hydrogen-bond acceptors (Lipinski definition) is 2. The van der Waals surface area contributed by atoms with Gasteiger partial charge in [0.15, 0.2) is 0 Å². The number of halogens is 1. The van der Waals surface area contributed by atoms with Gasteiger partial charge in [-0.1, -0.05) is 0 Å². The van der Waals surface area contributed by atoms with Crippen molar-refractivity contribution in [1.29, 1.82) is 0 Å². The van der Waals surface area contributed by atoms with Gasteiger partial charge in [-0.05, 0) is 18.8 Å². The molecule has 3 heteroatoms. The lowest BCUT2D eigenvalue weighted by Gasteiger charge is -1.90. The van der Waals surface area contributed by atoms with E-state index in [-0.39, 0.29) is 0 Å². The zero-order valence-corrected chi connectivity index (χ0v) is 4.55. The Bertz CT molecular complexity index is 20.8. The molecule has 0 unspecified atom stereocenters. The number of hydrogen-bond donors (Lipinski definition) is 2. The molecule has 0 saturated carbocycles. The fourth-order valence-corrected chi connectivity index (χ4v) is 0.267. The molecule has 0 aliphatic carbocycles. The van der Waals surface area contributed by atoms with E-state index in [1.807, 2.05) is 7.05 Å². The molecule has 0 aromatic carbocycles. The summed E-state index contributed by atoms with van der Waals surface area (Å²) in [4.78, 5) is 2.48. The van der Waals surface area contributed by atoms with E-state index in [4.69, 9.17) is 11.8 Å². The maximum absolute atomic E-state index is 5.09. The van der Waals surface area contributed by atoms with Crippen LogP contribution >= 0.6 is 11.8 Å². The van der Waals surface area contributed by atoms with Crippen LogP contribution in [0.25, 0.3) is 0 Å². The van der Waals surface area contributed by atoms with Gasteiger partial charge >= 0.3 is 0 Å². The van der Waals surface area contributed by atoms with E-state index in [0.717, 1.165) is 13.1 Å². The lowest BCUT2D eigenvalue weighted by atomic mass is 10.7. The normalized spacial score (nSPS) is 9.00. The number of nitrogens with one attached hydrogen (secondary N) is 2. The standard InChI is InChI=1S/C3H9ClN2/c1-5-2-3-6-4/h5-6H,2-3H2,1H3. The van der Waals surface area contributed by atoms with Crippen molar-refractivity contribution in [2.75, 3.05) is 20.1 Å². The highest BCUT2D eigenvalue weighted by Crippen LogP contribution is 1.56. The van der Waals surface area contributed by atoms with Crippen LogP contribution in [0.1, 0.15) is 0 Å². The van der Waals surface area contributed by atoms with Gasteiger partial charge in [0.2, 0.25) is 0 Å². The van der Waals surface area contributed by atoms with Gasteiger partial charge in [0.05, 0.1) is 0 Å². The Kier molecular flexibility index (Phi) is 5.39. The van der Waals surface area contributed by atoms with Crippen LogP contribution < -0.4 is 10.2 Å². The average molecular weight is 109 g/mol. The Labute approximate surface area is 43.0 Å². The molecule has 0 fully saturated rings. The molecule has 0 aliphatic rings. The van der Waals surface area contributed by atoms with Crippen molar-refractivity contribution < 1.29 is 0 Å². The van der Waals surface area contributed by atoms with Crippen LogP contribution in [-0.4, -0.2) is 20.1 Å². The summed E-state index contributed by atoms with van der Waals surface area (Å²) in [5, 5.41) is 2.92. The molecule has 0 radical (unpaired) electrons. The monoisotopic (exact) mass is 108 g/mol. The second-order valence-electron chi connectivity index (χ2n) is 0.987. The maximum Gasteiger partial charge on any atom is 0.0233 e. The van der Waals surface area contributed by atoms with E-state index in [9.17, 15) is 0 Å². The molecule has 2 nitrogen and oxygen atoms in total. The Morgan fingerprint density at radius 3 is 2.33 bits per heavy atom. The molecular weight excluding hydrogens is 99.5 g/mol. The lowest BCUT2D eigenvalue weighted by molar-refractivity contribution is 0.772. The zero-order valence-electron chi connectivity index (χ0n) is 3.79. The molecule has 0 atom stereocenters. The first kappa shape index (κ1) is 6.21. The molecule has 0 heterocycles. The van der Waals surface area contributed by atoms with Crippen molar-refractivity contribution in [2.45, 2.75) is 0 Å². The van der Waals surface area contributed by atoms with Gasteiger partial charge in [-0.3, -0.25) is 0 Å². The molecule has 0 saturated heterocycles. The van der Waals surface area contributed by atoms with Crippen molar-refractivity contribution in [3.8, 4) is 0 Å². The largest absolute Gasteiger partial charge is 0.318 e. The van der Waals surface area contributed by atoms with Crippen molar-refractivity contribution in [1.82, 2.24) is 10.2 Å². The predicted octanol–water partition coefficient (Wildman–Crippen LogP) is -0.0508. The minimum Gasteiger partial charge on any atom is -0.318 e. The fraction of sp³-hybridized carbons (Fsp3) is 1.00. The Morgan fingerprint density at radius 1 is 1.50 bits per heavy atom. The molecule has 0 bridgehead atoms. The molecule has 0 amide bonds. The third-order valence-corrected chi connectivity index (χ3v) is 0.658. The van der Waals surface area contributed by atoms with Crippen molar-refractivity contribution in [2.24, 2.45) is 0 Å². The van der Waals surface area contributed by atoms with Gasteiger partial charge < -0.3 is 5.32 Å². The predicted molar refractivity (Wildman–Crippen MR) is 27.8 cm³/mol. The van der Waals surface area contributed by atoms with Gasteiger partial charge in [-0.25, -0.2) is 4.84 Å². The van der Waals surface area contributed by atoms with E-state index in [1.54, 1.807) is 0 Å². The zero-order chi connectivity index (χ0) is 4.83. The van der Waals surface area contributed by atoms with E-state index >= 15 is 0 Å². The molecular formula is C3H9ClN2. The second kappa shape index (κ2) is 5.21. The quantitative estimate of drug-likeness (QED) is 0.391. The first-order valence-corrected chi connectivity index (χ1v) is 2.27. The summed E-state index contributed by atoms with van der Waals surface area (Å²) >= 11 is 5.09. The Balaban J connectivity index is 2.34. The van der Waals surface area contributed by atoms with Gasteiger partial charge in [0.1, 0.15) is 0 Å². The SMILES string of the molecule is CNCCNCl. The van der Waals surface area contributed by atoms with Crippen molar-refractivity contribution in [3.63, 3.8) is 0 Å². The summed E-state index contributed by atoms with van der Waals surface area (Å²) in [5.41, 5.74) is 0. The van der Waals surface area contributed by atoms with Crippen LogP contribution in [0.2, 0.25) is 0 Å². The molecule has 0 aromatic rings. The highest BCUT2D eigenvalue weighted by molar-refractivity contribution is 6.13. The Morgan fingerprint density at radius 2 is 2.17 bits per heavy atom. The first-order valence-electron chi connectivity index (χ1n) is 1.90. The van der Waals surface area contributed by atoms with Crippen LogP contribution in [0.15, 0.2) is 0 Å². The van der Waals surface area contributed by atoms with Crippen LogP contribution in [0.3, 0.4) is 0 Å². The summed E-state index contributed by atoms with van der Waals surface area (Å²) in [6.07, 6.45) is 0. The maximum atomic E-state index is 5.09. The third-order valence-electron chi connectivity index (χ3n) is 0.469. The average Bonchev–Trinajstić information content (AvgIpc) is 1.61. The van der Waals surface area contributed by atoms with Crippen LogP contribution in [-0.2, 0) is 0 Å². The van der Waals surface area contributed by atoms with Crippen molar-refractivity contribution in [3.05, 3.63) is 0 Å². The molecule has 2 N–H and O–H groups in total. The van der Waals surface area contributed by atoms with Gasteiger partial charge in [-0.15, -0.1) is 0 Å². The van der Waals surface area contributed by atoms with Crippen LogP contribution in [0.5, 0.6) is 0 Å². The van der Waals surface area contributed by atoms with E-state index in [2.05, 4.69) is 10.2 Å². The lowest BCUT2D eigenvalue weighted by Crippen LogP contribution is -2.17. The molecule has 6 heavy (non-hydrogen) atoms. The summed E-state index contributed by atoms with van der Waals surface area (Å²) in [5.74, 6) is 0. The van der Waals surface area contributed by atoms with E-state index in [0.29, 0.717) is 0 Å². The van der Waals surface area contributed by atoms with Crippen LogP contribution in [0, 0.1) is 0 Å². The molecule has 0 rings (SSSR count). The fourth-order valence-electron chi connectivity index (χ4n) is 0.172. The summed E-state index contributed by atoms with van der Waals surface area (Å²) < 4.78 is 0. The van der Waals surface area contributed by atoms with Gasteiger partial charge in [-0.2, -0.15) is 0 Å². The Hall–Kier alpha value is 0.210. The molecule has 0 aromatic heterocycles. The highest BCUT2D eigenvalue weighted by Gasteiger charge is 1.72. The minimum atomic E-state index is 0.818. The third kappa shape index (κ3) is 4.21. The minimum absolute atomic E-state index is 0.818. The molecule has 0 spiro atoms. The van der Waals surface area contributed by atoms with Crippen LogP contribution in [0.4, 0.5) is 0 Å². The second-order valence-corrected chi connectivity index (χ2v) is 1.25. The van der Waals surface area contributed by atoms with E-state index < -0.39 is 0 Å². The molecule has 0 aliphatic heterocycles. The molecule has 38 valence electrons. The number of rotatable bonds is 3. The van der Waals surface area contributed by atoms with Gasteiger partial charge in [0.25, 0.3) is 0 Å². The van der Waals surface area contributed by atoms with E-state index in [1.165, 1.54) is 0 Å². The van der Waals surface area contributed by atoms with Crippen molar-refractivity contribution >= 4 is 11.8 Å². The highest BCUT2D eigenvalue weighted by atomic mass is 35.5. The van der Waals surface area contributed by atoms with Gasteiger partial charge in [0, 0.05) is 13.1 Å². The number of likely N-dealkylation sites (N-methyl/N-ethyl adjacent to an activating group) is 1. The first-order chi connectivity index (χ1) is 2.91. The summed E-state index contributed by atoms with van der Waals surface area (Å²) in [6, 6.07) is 0. The summed E-state index contributed by atoms with van der Waals surface area (Å²) in [7, 11) is 1.88. The topological polar surface area (TPSA) is 24.1 Å². The summed E-state index contributed by atoms with van der Waals surface area (Å²) in [6.45, 7) is 1.74.